The highest BCUT2D eigenvalue weighted by molar-refractivity contribution is 7.99. The first-order valence-electron chi connectivity index (χ1n) is 8.90. The van der Waals surface area contributed by atoms with Crippen molar-refractivity contribution in [2.45, 2.75) is 55.6 Å². The third-order valence-corrected chi connectivity index (χ3v) is 6.49. The van der Waals surface area contributed by atoms with E-state index in [1.165, 1.54) is 50.3 Å². The molecule has 3 heterocycles. The summed E-state index contributed by atoms with van der Waals surface area (Å²) in [5.74, 6) is 0.860. The molecule has 0 spiro atoms. The van der Waals surface area contributed by atoms with Gasteiger partial charge in [0.15, 0.2) is 0 Å². The molecule has 2 aliphatic heterocycles. The fourth-order valence-corrected chi connectivity index (χ4v) is 5.36. The minimum Gasteiger partial charge on any atom is -0.467 e. The van der Waals surface area contributed by atoms with Crippen molar-refractivity contribution in [1.29, 1.82) is 0 Å². The largest absolute Gasteiger partial charge is 0.467 e. The van der Waals surface area contributed by atoms with Crippen molar-refractivity contribution in [3.63, 3.8) is 0 Å². The number of hydrogen-bond acceptors (Lipinski definition) is 5. The average Bonchev–Trinajstić information content (AvgIpc) is 3.32. The first-order chi connectivity index (χ1) is 11.7. The van der Waals surface area contributed by atoms with E-state index in [9.17, 15) is 9.59 Å². The molecule has 0 bridgehead atoms. The summed E-state index contributed by atoms with van der Waals surface area (Å²) in [6, 6.07) is 1.32. The number of likely N-dealkylation sites (tertiary alicyclic amines) is 1. The normalized spacial score (nSPS) is 24.0. The number of carbonyl (C=O) groups excluding carboxylic acids is 1. The zero-order valence-electron chi connectivity index (χ0n) is 14.1. The summed E-state index contributed by atoms with van der Waals surface area (Å²) in [6.07, 6.45) is 6.21. The van der Waals surface area contributed by atoms with Gasteiger partial charge in [0.1, 0.15) is 6.04 Å². The average molecular weight is 348 g/mol. The van der Waals surface area contributed by atoms with Crippen LogP contribution in [0.25, 0.3) is 0 Å². The van der Waals surface area contributed by atoms with Crippen molar-refractivity contribution in [2.24, 2.45) is 0 Å². The van der Waals surface area contributed by atoms with Crippen molar-refractivity contribution in [1.82, 2.24) is 9.47 Å². The van der Waals surface area contributed by atoms with Crippen LogP contribution in [0.4, 0.5) is 0 Å². The van der Waals surface area contributed by atoms with Crippen molar-refractivity contribution in [3.8, 4) is 0 Å². The van der Waals surface area contributed by atoms with Gasteiger partial charge in [-0.2, -0.15) is 0 Å². The van der Waals surface area contributed by atoms with Crippen molar-refractivity contribution >= 4 is 17.7 Å². The van der Waals surface area contributed by atoms with Gasteiger partial charge >= 0.3 is 5.97 Å². The van der Waals surface area contributed by atoms with Gasteiger partial charge in [0, 0.05) is 18.4 Å². The minimum absolute atomic E-state index is 0.0539. The molecule has 24 heavy (non-hydrogen) atoms. The summed E-state index contributed by atoms with van der Waals surface area (Å²) >= 11 is 1.65. The second-order valence-electron chi connectivity index (χ2n) is 7.06. The second kappa shape index (κ2) is 6.56. The first-order valence-corrected chi connectivity index (χ1v) is 9.89. The Kier molecular flexibility index (Phi) is 4.43. The zero-order chi connectivity index (χ0) is 16.7. The summed E-state index contributed by atoms with van der Waals surface area (Å²) in [4.78, 5) is 27.2. The molecule has 0 unspecified atom stereocenters. The SMILES string of the molecule is COC(=O)[C@@H]1CSc2c(C3CC3)c(CN3CCCCC3)cc(=O)n21. The van der Waals surface area contributed by atoms with Crippen LogP contribution in [0.3, 0.4) is 0 Å². The van der Waals surface area contributed by atoms with E-state index in [0.29, 0.717) is 11.7 Å². The molecule has 1 aromatic heterocycles. The lowest BCUT2D eigenvalue weighted by Gasteiger charge is -2.28. The number of aromatic nitrogens is 1. The lowest BCUT2D eigenvalue weighted by atomic mass is 10.0. The number of nitrogens with zero attached hydrogens (tertiary/aromatic N) is 2. The van der Waals surface area contributed by atoms with Gasteiger partial charge in [-0.1, -0.05) is 6.42 Å². The van der Waals surface area contributed by atoms with Crippen LogP contribution in [0.15, 0.2) is 15.9 Å². The van der Waals surface area contributed by atoms with E-state index in [0.717, 1.165) is 24.7 Å². The monoisotopic (exact) mass is 348 g/mol. The number of methoxy groups -OCH3 is 1. The van der Waals surface area contributed by atoms with E-state index in [1.54, 1.807) is 22.4 Å². The van der Waals surface area contributed by atoms with Gasteiger partial charge in [-0.15, -0.1) is 11.8 Å². The highest BCUT2D eigenvalue weighted by Crippen LogP contribution is 2.48. The van der Waals surface area contributed by atoms with E-state index < -0.39 is 6.04 Å². The lowest BCUT2D eigenvalue weighted by molar-refractivity contribution is -0.143. The summed E-state index contributed by atoms with van der Waals surface area (Å²) in [5, 5.41) is 1.02. The summed E-state index contributed by atoms with van der Waals surface area (Å²) in [5.41, 5.74) is 2.46. The van der Waals surface area contributed by atoms with Gasteiger partial charge in [0.25, 0.3) is 5.56 Å². The number of thioether (sulfide) groups is 1. The third kappa shape index (κ3) is 2.90. The second-order valence-corrected chi connectivity index (χ2v) is 8.07. The Morgan fingerprint density at radius 1 is 1.29 bits per heavy atom. The van der Waals surface area contributed by atoms with Crippen molar-refractivity contribution in [2.75, 3.05) is 26.0 Å². The van der Waals surface area contributed by atoms with E-state index in [4.69, 9.17) is 4.74 Å². The molecule has 3 aliphatic rings. The topological polar surface area (TPSA) is 51.5 Å². The Labute approximate surface area is 146 Å². The number of hydrogen-bond donors (Lipinski definition) is 0. The molecule has 0 amide bonds. The van der Waals surface area contributed by atoms with Crippen molar-refractivity contribution in [3.05, 3.63) is 27.5 Å². The summed E-state index contributed by atoms with van der Waals surface area (Å²) < 4.78 is 6.58. The van der Waals surface area contributed by atoms with Gasteiger partial charge in [-0.05, 0) is 55.8 Å². The quantitative estimate of drug-likeness (QED) is 0.783. The molecule has 4 rings (SSSR count). The number of esters is 1. The van der Waals surface area contributed by atoms with Crippen LogP contribution >= 0.6 is 11.8 Å². The molecule has 1 aromatic rings. The van der Waals surface area contributed by atoms with Gasteiger partial charge in [0.2, 0.25) is 0 Å². The number of piperidine rings is 1. The molecular formula is C18H24N2O3S. The molecule has 6 heteroatoms. The number of fused-ring (bicyclic) bond motifs is 1. The van der Waals surface area contributed by atoms with Crippen molar-refractivity contribution < 1.29 is 9.53 Å². The molecule has 130 valence electrons. The molecule has 2 fully saturated rings. The van der Waals surface area contributed by atoms with Gasteiger partial charge in [0.05, 0.1) is 12.1 Å². The lowest BCUT2D eigenvalue weighted by Crippen LogP contribution is -2.33. The molecular weight excluding hydrogens is 324 g/mol. The third-order valence-electron chi connectivity index (χ3n) is 5.32. The maximum absolute atomic E-state index is 12.7. The zero-order valence-corrected chi connectivity index (χ0v) is 14.9. The Morgan fingerprint density at radius 3 is 2.71 bits per heavy atom. The maximum Gasteiger partial charge on any atom is 0.329 e. The Morgan fingerprint density at radius 2 is 2.04 bits per heavy atom. The highest BCUT2D eigenvalue weighted by Gasteiger charge is 2.38. The fraction of sp³-hybridized carbons (Fsp3) is 0.667. The van der Waals surface area contributed by atoms with Crippen LogP contribution < -0.4 is 5.56 Å². The molecule has 0 radical (unpaired) electrons. The molecule has 0 aromatic carbocycles. The van der Waals surface area contributed by atoms with E-state index >= 15 is 0 Å². The predicted octanol–water partition coefficient (Wildman–Crippen LogP) is 2.53. The number of carbonyl (C=O) groups is 1. The molecule has 1 atom stereocenters. The van der Waals surface area contributed by atoms with Crippen LogP contribution in [0.2, 0.25) is 0 Å². The first kappa shape index (κ1) is 16.2. The van der Waals surface area contributed by atoms with E-state index in [1.807, 2.05) is 0 Å². The van der Waals surface area contributed by atoms with E-state index in [2.05, 4.69) is 4.90 Å². The Hall–Kier alpha value is -1.27. The minimum atomic E-state index is -0.468. The fourth-order valence-electron chi connectivity index (χ4n) is 3.95. The standard InChI is InChI=1S/C18H24N2O3S/c1-23-18(22)14-11-24-17-16(12-5-6-12)13(9-15(21)20(14)17)10-19-7-3-2-4-8-19/h9,12,14H,2-8,10-11H2,1H3/t14-/m0/s1. The predicted molar refractivity (Wildman–Crippen MR) is 93.6 cm³/mol. The van der Waals surface area contributed by atoms with Gasteiger partial charge in [-0.25, -0.2) is 4.79 Å². The Balaban J connectivity index is 1.72. The van der Waals surface area contributed by atoms with Crippen LogP contribution in [0.5, 0.6) is 0 Å². The summed E-state index contributed by atoms with van der Waals surface area (Å²) in [7, 11) is 1.39. The van der Waals surface area contributed by atoms with Crippen LogP contribution in [-0.2, 0) is 16.1 Å². The van der Waals surface area contributed by atoms with E-state index in [-0.39, 0.29) is 11.5 Å². The molecule has 5 nitrogen and oxygen atoms in total. The van der Waals surface area contributed by atoms with Gasteiger partial charge < -0.3 is 4.74 Å². The highest BCUT2D eigenvalue weighted by atomic mass is 32.2. The molecule has 0 N–H and O–H groups in total. The van der Waals surface area contributed by atoms with Crippen LogP contribution in [0.1, 0.15) is 55.2 Å². The van der Waals surface area contributed by atoms with Crippen LogP contribution in [-0.4, -0.2) is 41.4 Å². The van der Waals surface area contributed by atoms with Gasteiger partial charge in [-0.3, -0.25) is 14.3 Å². The molecule has 1 aliphatic carbocycles. The van der Waals surface area contributed by atoms with Crippen LogP contribution in [0, 0.1) is 0 Å². The number of pyridine rings is 1. The number of ether oxygens (including phenoxy) is 1. The molecule has 1 saturated carbocycles. The smallest absolute Gasteiger partial charge is 0.329 e. The Bertz CT molecular complexity index is 705. The number of rotatable bonds is 4. The summed E-state index contributed by atoms with van der Waals surface area (Å²) in [6.45, 7) is 3.12. The maximum atomic E-state index is 12.7. The molecule has 1 saturated heterocycles.